The van der Waals surface area contributed by atoms with Gasteiger partial charge in [0.25, 0.3) is 5.89 Å². The molecular formula is C18H18N4O2S. The molecule has 0 radical (unpaired) electrons. The van der Waals surface area contributed by atoms with Crippen LogP contribution < -0.4 is 5.32 Å². The zero-order chi connectivity index (χ0) is 17.8. The predicted molar refractivity (Wildman–Crippen MR) is 97.5 cm³/mol. The van der Waals surface area contributed by atoms with Crippen LogP contribution in [0, 0.1) is 20.8 Å². The molecule has 7 heteroatoms. The minimum absolute atomic E-state index is 0.0582. The minimum Gasteiger partial charge on any atom is -0.334 e. The standard InChI is InChI=1S/C18H18N4O2S/c1-11-5-4-6-15(12(11)2)21-16(23)10-25-17-8-7-14(9-19-17)18-20-13(3)22-24-18/h4-9H,10H2,1-3H3,(H,21,23). The number of anilines is 1. The van der Waals surface area contributed by atoms with Crippen molar-refractivity contribution < 1.29 is 9.32 Å². The fourth-order valence-electron chi connectivity index (χ4n) is 2.22. The molecule has 0 aliphatic heterocycles. The minimum atomic E-state index is -0.0582. The number of aromatic nitrogens is 3. The maximum Gasteiger partial charge on any atom is 0.259 e. The van der Waals surface area contributed by atoms with Crippen LogP contribution in [0.3, 0.4) is 0 Å². The second-order valence-electron chi connectivity index (χ2n) is 5.62. The van der Waals surface area contributed by atoms with E-state index in [4.69, 9.17) is 4.52 Å². The van der Waals surface area contributed by atoms with Crippen LogP contribution in [0.4, 0.5) is 5.69 Å². The number of amides is 1. The molecule has 0 fully saturated rings. The Morgan fingerprint density at radius 1 is 1.20 bits per heavy atom. The smallest absolute Gasteiger partial charge is 0.259 e. The monoisotopic (exact) mass is 354 g/mol. The zero-order valence-corrected chi connectivity index (χ0v) is 15.1. The molecule has 0 aliphatic rings. The Balaban J connectivity index is 1.58. The van der Waals surface area contributed by atoms with Crippen LogP contribution in [0.25, 0.3) is 11.5 Å². The number of hydrogen-bond acceptors (Lipinski definition) is 6. The van der Waals surface area contributed by atoms with Crippen LogP contribution in [0.1, 0.15) is 17.0 Å². The molecule has 0 bridgehead atoms. The summed E-state index contributed by atoms with van der Waals surface area (Å²) in [5.74, 6) is 1.25. The Hall–Kier alpha value is -2.67. The first-order valence-corrected chi connectivity index (χ1v) is 8.77. The molecular weight excluding hydrogens is 336 g/mol. The van der Waals surface area contributed by atoms with Crippen molar-refractivity contribution in [3.05, 3.63) is 53.5 Å². The van der Waals surface area contributed by atoms with Crippen LogP contribution >= 0.6 is 11.8 Å². The van der Waals surface area contributed by atoms with E-state index in [1.807, 2.05) is 44.2 Å². The molecule has 1 aromatic carbocycles. The van der Waals surface area contributed by atoms with Gasteiger partial charge in [-0.05, 0) is 50.1 Å². The van der Waals surface area contributed by atoms with Crippen LogP contribution in [0.15, 0.2) is 46.1 Å². The Bertz CT molecular complexity index is 890. The number of hydrogen-bond donors (Lipinski definition) is 1. The number of carbonyl (C=O) groups is 1. The lowest BCUT2D eigenvalue weighted by Crippen LogP contribution is -2.15. The number of aryl methyl sites for hydroxylation is 2. The third-order valence-electron chi connectivity index (χ3n) is 3.74. The van der Waals surface area contributed by atoms with Gasteiger partial charge in [0.05, 0.1) is 16.3 Å². The molecule has 2 aromatic heterocycles. The molecule has 0 atom stereocenters. The van der Waals surface area contributed by atoms with Crippen molar-refractivity contribution in [3.63, 3.8) is 0 Å². The van der Waals surface area contributed by atoms with Crippen LogP contribution in [-0.4, -0.2) is 26.8 Å². The largest absolute Gasteiger partial charge is 0.334 e. The number of rotatable bonds is 5. The molecule has 25 heavy (non-hydrogen) atoms. The van der Waals surface area contributed by atoms with Crippen molar-refractivity contribution in [2.75, 3.05) is 11.1 Å². The Labute approximate surface area is 150 Å². The van der Waals surface area contributed by atoms with E-state index in [1.165, 1.54) is 11.8 Å². The summed E-state index contributed by atoms with van der Waals surface area (Å²) in [4.78, 5) is 20.6. The van der Waals surface area contributed by atoms with E-state index < -0.39 is 0 Å². The molecule has 3 aromatic rings. The van der Waals surface area contributed by atoms with Gasteiger partial charge in [-0.3, -0.25) is 4.79 Å². The van der Waals surface area contributed by atoms with E-state index in [0.717, 1.165) is 27.4 Å². The fourth-order valence-corrected chi connectivity index (χ4v) is 2.86. The number of nitrogens with zero attached hydrogens (tertiary/aromatic N) is 3. The normalized spacial score (nSPS) is 10.7. The van der Waals surface area contributed by atoms with Crippen molar-refractivity contribution in [1.82, 2.24) is 15.1 Å². The molecule has 0 aliphatic carbocycles. The highest BCUT2D eigenvalue weighted by Crippen LogP contribution is 2.22. The summed E-state index contributed by atoms with van der Waals surface area (Å²) in [5, 5.41) is 7.46. The first kappa shape index (κ1) is 17.2. The maximum atomic E-state index is 12.1. The average Bonchev–Trinajstić information content (AvgIpc) is 3.04. The Morgan fingerprint density at radius 2 is 2.04 bits per heavy atom. The summed E-state index contributed by atoms with van der Waals surface area (Å²) in [6, 6.07) is 9.56. The van der Waals surface area contributed by atoms with E-state index in [9.17, 15) is 4.79 Å². The zero-order valence-electron chi connectivity index (χ0n) is 14.2. The van der Waals surface area contributed by atoms with Gasteiger partial charge in [-0.1, -0.05) is 29.1 Å². The Morgan fingerprint density at radius 3 is 2.72 bits per heavy atom. The lowest BCUT2D eigenvalue weighted by atomic mass is 10.1. The van der Waals surface area contributed by atoms with Gasteiger partial charge in [0, 0.05) is 11.9 Å². The number of carbonyl (C=O) groups excluding carboxylic acids is 1. The first-order valence-electron chi connectivity index (χ1n) is 7.78. The summed E-state index contributed by atoms with van der Waals surface area (Å²) >= 11 is 1.38. The molecule has 1 N–H and O–H groups in total. The van der Waals surface area contributed by atoms with Crippen LogP contribution in [0.2, 0.25) is 0 Å². The van der Waals surface area contributed by atoms with E-state index in [-0.39, 0.29) is 5.91 Å². The molecule has 1 amide bonds. The fraction of sp³-hybridized carbons (Fsp3) is 0.222. The van der Waals surface area contributed by atoms with Gasteiger partial charge >= 0.3 is 0 Å². The Kier molecular flexibility index (Phi) is 5.14. The second-order valence-corrected chi connectivity index (χ2v) is 6.61. The lowest BCUT2D eigenvalue weighted by molar-refractivity contribution is -0.113. The van der Waals surface area contributed by atoms with E-state index >= 15 is 0 Å². The molecule has 128 valence electrons. The number of nitrogens with one attached hydrogen (secondary N) is 1. The number of benzene rings is 1. The van der Waals surface area contributed by atoms with Gasteiger partial charge in [0.2, 0.25) is 5.91 Å². The number of thioether (sulfide) groups is 1. The lowest BCUT2D eigenvalue weighted by Gasteiger charge is -2.10. The molecule has 0 saturated carbocycles. The van der Waals surface area contributed by atoms with Gasteiger partial charge in [0.1, 0.15) is 0 Å². The highest BCUT2D eigenvalue weighted by molar-refractivity contribution is 7.99. The summed E-state index contributed by atoms with van der Waals surface area (Å²) in [7, 11) is 0. The van der Waals surface area contributed by atoms with E-state index in [0.29, 0.717) is 17.5 Å². The van der Waals surface area contributed by atoms with Gasteiger partial charge < -0.3 is 9.84 Å². The van der Waals surface area contributed by atoms with E-state index in [2.05, 4.69) is 20.4 Å². The highest BCUT2D eigenvalue weighted by Gasteiger charge is 2.09. The third kappa shape index (κ3) is 4.24. The first-order chi connectivity index (χ1) is 12.0. The molecule has 0 unspecified atom stereocenters. The van der Waals surface area contributed by atoms with Gasteiger partial charge in [0.15, 0.2) is 5.82 Å². The molecule has 0 saturated heterocycles. The third-order valence-corrected chi connectivity index (χ3v) is 4.68. The average molecular weight is 354 g/mol. The molecule has 0 spiro atoms. The second kappa shape index (κ2) is 7.48. The maximum absolute atomic E-state index is 12.1. The van der Waals surface area contributed by atoms with Crippen LogP contribution in [-0.2, 0) is 4.79 Å². The SMILES string of the molecule is Cc1noc(-c2ccc(SCC(=O)Nc3cccc(C)c3C)nc2)n1. The van der Waals surface area contributed by atoms with Crippen molar-refractivity contribution in [3.8, 4) is 11.5 Å². The molecule has 2 heterocycles. The molecule has 3 rings (SSSR count). The van der Waals surface area contributed by atoms with Gasteiger partial charge in [-0.15, -0.1) is 0 Å². The van der Waals surface area contributed by atoms with Crippen molar-refractivity contribution in [2.24, 2.45) is 0 Å². The summed E-state index contributed by atoms with van der Waals surface area (Å²) in [6.45, 7) is 5.78. The van der Waals surface area contributed by atoms with E-state index in [1.54, 1.807) is 13.1 Å². The van der Waals surface area contributed by atoms with Crippen molar-refractivity contribution in [2.45, 2.75) is 25.8 Å². The predicted octanol–water partition coefficient (Wildman–Crippen LogP) is 3.79. The van der Waals surface area contributed by atoms with Crippen molar-refractivity contribution in [1.29, 1.82) is 0 Å². The highest BCUT2D eigenvalue weighted by atomic mass is 32.2. The summed E-state index contributed by atoms with van der Waals surface area (Å²) < 4.78 is 5.10. The molecule has 6 nitrogen and oxygen atoms in total. The topological polar surface area (TPSA) is 80.9 Å². The summed E-state index contributed by atoms with van der Waals surface area (Å²) in [6.07, 6.45) is 1.66. The van der Waals surface area contributed by atoms with Gasteiger partial charge in [-0.2, -0.15) is 4.98 Å². The van der Waals surface area contributed by atoms with Gasteiger partial charge in [-0.25, -0.2) is 4.98 Å². The van der Waals surface area contributed by atoms with Crippen molar-refractivity contribution >= 4 is 23.4 Å². The quantitative estimate of drug-likeness (QED) is 0.702. The summed E-state index contributed by atoms with van der Waals surface area (Å²) in [5.41, 5.74) is 3.84. The number of pyridine rings is 1. The van der Waals surface area contributed by atoms with Crippen LogP contribution in [0.5, 0.6) is 0 Å².